The summed E-state index contributed by atoms with van der Waals surface area (Å²) in [5.41, 5.74) is 0.982. The molecule has 25 heavy (non-hydrogen) atoms. The molecule has 1 aliphatic carbocycles. The Morgan fingerprint density at radius 2 is 1.92 bits per heavy atom. The molecule has 2 aromatic rings. The second kappa shape index (κ2) is 6.73. The monoisotopic (exact) mass is 341 g/mol. The third-order valence-corrected chi connectivity index (χ3v) is 4.07. The van der Waals surface area contributed by atoms with Crippen molar-refractivity contribution in [2.45, 2.75) is 38.7 Å². The summed E-state index contributed by atoms with van der Waals surface area (Å²) in [5, 5.41) is 19.0. The number of hydrogen-bond acceptors (Lipinski definition) is 4. The third kappa shape index (κ3) is 3.92. The van der Waals surface area contributed by atoms with Gasteiger partial charge in [-0.2, -0.15) is 5.26 Å². The Morgan fingerprint density at radius 1 is 1.16 bits per heavy atom. The molecule has 3 rings (SSSR count). The first-order valence-electron chi connectivity index (χ1n) is 8.25. The molecule has 130 valence electrons. The van der Waals surface area contributed by atoms with Gasteiger partial charge in [0.05, 0.1) is 11.2 Å². The molecular formula is C20H20FNO3. The number of rotatable bonds is 5. The van der Waals surface area contributed by atoms with E-state index in [1.54, 1.807) is 38.1 Å². The Balaban J connectivity index is 1.87. The number of halogens is 1. The molecule has 0 saturated heterocycles. The fraction of sp³-hybridized carbons (Fsp3) is 0.350. The van der Waals surface area contributed by atoms with Crippen LogP contribution in [0.1, 0.15) is 37.0 Å². The molecular weight excluding hydrogens is 321 g/mol. The lowest BCUT2D eigenvalue weighted by Crippen LogP contribution is -2.28. The maximum atomic E-state index is 13.8. The van der Waals surface area contributed by atoms with Gasteiger partial charge in [-0.15, -0.1) is 0 Å². The number of hydrogen-bond donors (Lipinski definition) is 1. The first kappa shape index (κ1) is 17.2. The lowest BCUT2D eigenvalue weighted by Gasteiger charge is -2.19. The highest BCUT2D eigenvalue weighted by Gasteiger charge is 2.20. The zero-order valence-electron chi connectivity index (χ0n) is 14.3. The number of benzene rings is 2. The second-order valence-corrected chi connectivity index (χ2v) is 6.83. The van der Waals surface area contributed by atoms with Crippen molar-refractivity contribution in [3.63, 3.8) is 0 Å². The summed E-state index contributed by atoms with van der Waals surface area (Å²) in [4.78, 5) is 0. The van der Waals surface area contributed by atoms with E-state index in [9.17, 15) is 14.8 Å². The van der Waals surface area contributed by atoms with Gasteiger partial charge in [0.15, 0.2) is 0 Å². The number of nitrogens with zero attached hydrogens (tertiary/aromatic N) is 1. The van der Waals surface area contributed by atoms with E-state index >= 15 is 0 Å². The van der Waals surface area contributed by atoms with Crippen molar-refractivity contribution in [1.29, 1.82) is 5.26 Å². The summed E-state index contributed by atoms with van der Waals surface area (Å²) in [7, 11) is 0. The third-order valence-electron chi connectivity index (χ3n) is 4.07. The number of aliphatic hydroxyl groups is 1. The first-order valence-corrected chi connectivity index (χ1v) is 8.25. The summed E-state index contributed by atoms with van der Waals surface area (Å²) in [6.45, 7) is 3.31. The van der Waals surface area contributed by atoms with Crippen LogP contribution in [0, 0.1) is 17.1 Å². The topological polar surface area (TPSA) is 62.5 Å². The van der Waals surface area contributed by atoms with Crippen LogP contribution in [0.3, 0.4) is 0 Å². The van der Waals surface area contributed by atoms with Crippen LogP contribution in [0.4, 0.5) is 4.39 Å². The Bertz CT molecular complexity index is 834. The molecule has 0 radical (unpaired) electrons. The second-order valence-electron chi connectivity index (χ2n) is 6.83. The average molecular weight is 341 g/mol. The highest BCUT2D eigenvalue weighted by molar-refractivity contribution is 5.50. The summed E-state index contributed by atoms with van der Waals surface area (Å²) in [6.07, 6.45) is 2.44. The lowest BCUT2D eigenvalue weighted by atomic mass is 10.1. The van der Waals surface area contributed by atoms with E-state index in [0.29, 0.717) is 22.8 Å². The smallest absolute Gasteiger partial charge is 0.140 e. The molecule has 0 bridgehead atoms. The van der Waals surface area contributed by atoms with Gasteiger partial charge in [0.25, 0.3) is 0 Å². The normalized spacial score (nSPS) is 13.2. The van der Waals surface area contributed by atoms with Gasteiger partial charge in [0, 0.05) is 11.6 Å². The minimum Gasteiger partial charge on any atom is -0.489 e. The van der Waals surface area contributed by atoms with Crippen LogP contribution in [0.2, 0.25) is 0 Å². The Kier molecular flexibility index (Phi) is 4.65. The van der Waals surface area contributed by atoms with Gasteiger partial charge in [0.1, 0.15) is 35.7 Å². The van der Waals surface area contributed by atoms with Crippen LogP contribution in [0.25, 0.3) is 0 Å². The summed E-state index contributed by atoms with van der Waals surface area (Å²) in [6, 6.07) is 10.0. The van der Waals surface area contributed by atoms with E-state index in [1.165, 1.54) is 6.07 Å². The van der Waals surface area contributed by atoms with Gasteiger partial charge in [0.2, 0.25) is 0 Å². The molecule has 0 atom stereocenters. The summed E-state index contributed by atoms with van der Waals surface area (Å²) in [5.74, 6) is 1.30. The van der Waals surface area contributed by atoms with E-state index < -0.39 is 5.60 Å². The minimum absolute atomic E-state index is 0.0527. The molecule has 1 aliphatic rings. The molecule has 4 nitrogen and oxygen atoms in total. The Morgan fingerprint density at radius 3 is 2.64 bits per heavy atom. The van der Waals surface area contributed by atoms with Crippen LogP contribution >= 0.6 is 0 Å². The molecule has 0 aliphatic heterocycles. The van der Waals surface area contributed by atoms with E-state index in [-0.39, 0.29) is 12.4 Å². The zero-order valence-corrected chi connectivity index (χ0v) is 14.3. The molecule has 0 fully saturated rings. The van der Waals surface area contributed by atoms with Crippen molar-refractivity contribution in [2.24, 2.45) is 0 Å². The summed E-state index contributed by atoms with van der Waals surface area (Å²) < 4.78 is 25.3. The van der Waals surface area contributed by atoms with Crippen molar-refractivity contribution in [2.75, 3.05) is 6.61 Å². The molecule has 0 aromatic heterocycles. The SMILES string of the molecule is CC(C)(O)COc1cc(Oc2ccc(F)c3c2CCC3)ccc1C#N. The molecule has 0 heterocycles. The Labute approximate surface area is 146 Å². The van der Waals surface area contributed by atoms with Crippen molar-refractivity contribution in [3.8, 4) is 23.3 Å². The maximum absolute atomic E-state index is 13.8. The highest BCUT2D eigenvalue weighted by Crippen LogP contribution is 2.36. The Hall–Kier alpha value is -2.58. The number of nitriles is 1. The first-order chi connectivity index (χ1) is 11.9. The zero-order chi connectivity index (χ0) is 18.0. The number of fused-ring (bicyclic) bond motifs is 1. The van der Waals surface area contributed by atoms with Crippen molar-refractivity contribution in [3.05, 3.63) is 52.8 Å². The predicted molar refractivity (Wildman–Crippen MR) is 91.4 cm³/mol. The molecule has 0 saturated carbocycles. The fourth-order valence-electron chi connectivity index (χ4n) is 2.88. The van der Waals surface area contributed by atoms with Crippen LogP contribution in [0.5, 0.6) is 17.2 Å². The van der Waals surface area contributed by atoms with E-state index in [1.807, 2.05) is 0 Å². The summed E-state index contributed by atoms with van der Waals surface area (Å²) >= 11 is 0. The van der Waals surface area contributed by atoms with Gasteiger partial charge in [-0.05, 0) is 62.9 Å². The van der Waals surface area contributed by atoms with Crippen molar-refractivity contribution >= 4 is 0 Å². The molecule has 0 spiro atoms. The van der Waals surface area contributed by atoms with Gasteiger partial charge < -0.3 is 14.6 Å². The molecule has 2 aromatic carbocycles. The largest absolute Gasteiger partial charge is 0.489 e. The lowest BCUT2D eigenvalue weighted by molar-refractivity contribution is 0.0283. The fourth-order valence-corrected chi connectivity index (χ4v) is 2.88. The standard InChI is InChI=1S/C20H20FNO3/c1-20(2,23)12-24-19-10-14(7-6-13(19)11-22)25-18-9-8-17(21)15-4-3-5-16(15)18/h6-10,23H,3-5,12H2,1-2H3. The van der Waals surface area contributed by atoms with E-state index in [0.717, 1.165) is 30.4 Å². The van der Waals surface area contributed by atoms with Crippen molar-refractivity contribution in [1.82, 2.24) is 0 Å². The quantitative estimate of drug-likeness (QED) is 0.888. The predicted octanol–water partition coefficient (Wildman–Crippen LogP) is 4.13. The number of ether oxygens (including phenoxy) is 2. The minimum atomic E-state index is -1.01. The van der Waals surface area contributed by atoms with Crippen LogP contribution < -0.4 is 9.47 Å². The van der Waals surface area contributed by atoms with Gasteiger partial charge in [-0.1, -0.05) is 0 Å². The van der Waals surface area contributed by atoms with Crippen LogP contribution in [-0.2, 0) is 12.8 Å². The average Bonchev–Trinajstić information content (AvgIpc) is 3.06. The van der Waals surface area contributed by atoms with Gasteiger partial charge in [-0.3, -0.25) is 0 Å². The molecule has 5 heteroatoms. The van der Waals surface area contributed by atoms with Gasteiger partial charge >= 0.3 is 0 Å². The molecule has 1 N–H and O–H groups in total. The molecule has 0 unspecified atom stereocenters. The van der Waals surface area contributed by atoms with Crippen LogP contribution in [-0.4, -0.2) is 17.3 Å². The van der Waals surface area contributed by atoms with E-state index in [4.69, 9.17) is 9.47 Å². The highest BCUT2D eigenvalue weighted by atomic mass is 19.1. The maximum Gasteiger partial charge on any atom is 0.140 e. The van der Waals surface area contributed by atoms with Crippen LogP contribution in [0.15, 0.2) is 30.3 Å². The molecule has 0 amide bonds. The van der Waals surface area contributed by atoms with E-state index in [2.05, 4.69) is 6.07 Å². The van der Waals surface area contributed by atoms with Gasteiger partial charge in [-0.25, -0.2) is 4.39 Å². The van der Waals surface area contributed by atoms with Crippen molar-refractivity contribution < 1.29 is 19.0 Å².